The monoisotopic (exact) mass is 529 g/mol. The number of imide groups is 1. The van der Waals surface area contributed by atoms with Gasteiger partial charge in [-0.15, -0.1) is 0 Å². The maximum Gasteiger partial charge on any atom is 0.338 e. The van der Waals surface area contributed by atoms with Gasteiger partial charge in [0.2, 0.25) is 11.8 Å². The summed E-state index contributed by atoms with van der Waals surface area (Å²) in [5.74, 6) is -2.05. The van der Waals surface area contributed by atoms with Crippen molar-refractivity contribution in [2.75, 3.05) is 11.5 Å². The molecule has 5 nitrogen and oxygen atoms in total. The van der Waals surface area contributed by atoms with Crippen molar-refractivity contribution in [1.82, 2.24) is 0 Å². The molecule has 0 saturated carbocycles. The molecule has 2 bridgehead atoms. The highest BCUT2D eigenvalue weighted by atomic mass is 79.9. The first-order chi connectivity index (χ1) is 16.8. The molecule has 0 spiro atoms. The predicted octanol–water partition coefficient (Wildman–Crippen LogP) is 5.40. The number of amides is 2. The standard InChI is InChI=1S/C29H24BrNO4/c1-16(2)15-35-28(34)17-8-7-9-18(14-17)31-26(32)24-23-19-10-3-5-12-21(19)29(30,25(24)27(31)33)22-13-6-4-11-20(22)23/h3-14,16,23-25H,15H2,1-2H3/t23?,24-,25+,29?/m0/s1. The summed E-state index contributed by atoms with van der Waals surface area (Å²) in [6.07, 6.45) is 0. The third kappa shape index (κ3) is 3.02. The van der Waals surface area contributed by atoms with Gasteiger partial charge in [-0.05, 0) is 46.4 Å². The quantitative estimate of drug-likeness (QED) is 0.258. The molecule has 2 atom stereocenters. The zero-order chi connectivity index (χ0) is 24.5. The number of halogens is 1. The van der Waals surface area contributed by atoms with Crippen molar-refractivity contribution in [2.45, 2.75) is 24.1 Å². The summed E-state index contributed by atoms with van der Waals surface area (Å²) < 4.78 is 4.57. The number of hydrogen-bond acceptors (Lipinski definition) is 4. The van der Waals surface area contributed by atoms with E-state index in [0.29, 0.717) is 17.9 Å². The minimum atomic E-state index is -0.797. The van der Waals surface area contributed by atoms with Gasteiger partial charge in [-0.2, -0.15) is 0 Å². The predicted molar refractivity (Wildman–Crippen MR) is 135 cm³/mol. The second kappa shape index (κ2) is 7.89. The Morgan fingerprint density at radius 1 is 0.943 bits per heavy atom. The lowest BCUT2D eigenvalue weighted by Gasteiger charge is -2.51. The third-order valence-corrected chi connectivity index (χ3v) is 8.75. The van der Waals surface area contributed by atoms with Crippen molar-refractivity contribution in [1.29, 1.82) is 0 Å². The molecule has 0 radical (unpaired) electrons. The Morgan fingerprint density at radius 3 is 2.20 bits per heavy atom. The Kier molecular flexibility index (Phi) is 5.01. The number of anilines is 1. The van der Waals surface area contributed by atoms with Gasteiger partial charge in [0.15, 0.2) is 0 Å². The summed E-state index contributed by atoms with van der Waals surface area (Å²) in [6, 6.07) is 22.8. The van der Waals surface area contributed by atoms with E-state index in [2.05, 4.69) is 40.2 Å². The molecule has 1 aliphatic heterocycles. The van der Waals surface area contributed by atoms with E-state index in [0.717, 1.165) is 22.3 Å². The Bertz CT molecular complexity index is 1350. The normalized spacial score (nSPS) is 25.9. The third-order valence-electron chi connectivity index (χ3n) is 7.40. The molecule has 1 fully saturated rings. The van der Waals surface area contributed by atoms with Gasteiger partial charge in [0.25, 0.3) is 0 Å². The molecule has 1 heterocycles. The molecule has 3 aromatic carbocycles. The summed E-state index contributed by atoms with van der Waals surface area (Å²) in [6.45, 7) is 4.24. The van der Waals surface area contributed by atoms with Crippen LogP contribution in [-0.4, -0.2) is 24.4 Å². The van der Waals surface area contributed by atoms with E-state index in [1.807, 2.05) is 38.1 Å². The highest BCUT2D eigenvalue weighted by Crippen LogP contribution is 2.66. The Balaban J connectivity index is 1.45. The SMILES string of the molecule is CC(C)COC(=O)c1cccc(N2C(=O)[C@H]3C4c5ccccc5C(Br)(c5ccccc54)[C@H]3C2=O)c1. The van der Waals surface area contributed by atoms with Crippen LogP contribution in [0.4, 0.5) is 5.69 Å². The van der Waals surface area contributed by atoms with Crippen molar-refractivity contribution < 1.29 is 19.1 Å². The lowest BCUT2D eigenvalue weighted by Crippen LogP contribution is -2.50. The van der Waals surface area contributed by atoms with E-state index in [1.54, 1.807) is 24.3 Å². The molecule has 1 saturated heterocycles. The average molecular weight is 530 g/mol. The topological polar surface area (TPSA) is 63.7 Å². The van der Waals surface area contributed by atoms with Gasteiger partial charge in [-0.25, -0.2) is 9.69 Å². The Labute approximate surface area is 212 Å². The first-order valence-electron chi connectivity index (χ1n) is 11.9. The van der Waals surface area contributed by atoms with Crippen LogP contribution in [0.5, 0.6) is 0 Å². The zero-order valence-electron chi connectivity index (χ0n) is 19.4. The maximum absolute atomic E-state index is 14.0. The van der Waals surface area contributed by atoms with E-state index < -0.39 is 22.1 Å². The number of carbonyl (C=O) groups excluding carboxylic acids is 3. The van der Waals surface area contributed by atoms with Crippen LogP contribution in [0.1, 0.15) is 52.4 Å². The maximum atomic E-state index is 14.0. The van der Waals surface area contributed by atoms with Gasteiger partial charge in [0.05, 0.1) is 34.0 Å². The summed E-state index contributed by atoms with van der Waals surface area (Å²) in [5.41, 5.74) is 4.97. The minimum absolute atomic E-state index is 0.201. The van der Waals surface area contributed by atoms with E-state index in [4.69, 9.17) is 4.74 Å². The fourth-order valence-electron chi connectivity index (χ4n) is 6.03. The van der Waals surface area contributed by atoms with Crippen LogP contribution in [-0.2, 0) is 18.7 Å². The summed E-state index contributed by atoms with van der Waals surface area (Å²) in [7, 11) is 0. The molecule has 2 amide bonds. The fourth-order valence-corrected chi connectivity index (χ4v) is 7.23. The molecule has 6 heteroatoms. The van der Waals surface area contributed by atoms with Crippen molar-refractivity contribution in [2.24, 2.45) is 17.8 Å². The van der Waals surface area contributed by atoms with Crippen molar-refractivity contribution >= 4 is 39.4 Å². The molecule has 7 rings (SSSR count). The van der Waals surface area contributed by atoms with Crippen LogP contribution in [0, 0.1) is 17.8 Å². The van der Waals surface area contributed by atoms with Gasteiger partial charge in [0, 0.05) is 5.92 Å². The Hall–Kier alpha value is -3.25. The number of ether oxygens (including phenoxy) is 1. The highest BCUT2D eigenvalue weighted by Gasteiger charge is 2.67. The van der Waals surface area contributed by atoms with Crippen LogP contribution in [0.2, 0.25) is 0 Å². The molecule has 0 N–H and O–H groups in total. The second-order valence-electron chi connectivity index (χ2n) is 9.92. The number of rotatable bonds is 4. The van der Waals surface area contributed by atoms with Crippen LogP contribution < -0.4 is 4.90 Å². The molecule has 176 valence electrons. The van der Waals surface area contributed by atoms with Gasteiger partial charge in [0.1, 0.15) is 0 Å². The molecular formula is C29H24BrNO4. The van der Waals surface area contributed by atoms with Crippen molar-refractivity contribution in [3.05, 3.63) is 101 Å². The first-order valence-corrected chi connectivity index (χ1v) is 12.7. The average Bonchev–Trinajstić information content (AvgIpc) is 3.14. The minimum Gasteiger partial charge on any atom is -0.462 e. The smallest absolute Gasteiger partial charge is 0.338 e. The van der Waals surface area contributed by atoms with Gasteiger partial charge in [-0.1, -0.05) is 84.4 Å². The number of benzene rings is 3. The lowest BCUT2D eigenvalue weighted by molar-refractivity contribution is -0.122. The van der Waals surface area contributed by atoms with Gasteiger partial charge in [-0.3, -0.25) is 9.59 Å². The van der Waals surface area contributed by atoms with Crippen LogP contribution in [0.15, 0.2) is 72.8 Å². The number of hydrogen-bond donors (Lipinski definition) is 0. The zero-order valence-corrected chi connectivity index (χ0v) is 21.0. The molecule has 0 aromatic heterocycles. The van der Waals surface area contributed by atoms with Crippen molar-refractivity contribution in [3.8, 4) is 0 Å². The largest absolute Gasteiger partial charge is 0.462 e. The summed E-state index contributed by atoms with van der Waals surface area (Å²) in [4.78, 5) is 41.8. The van der Waals surface area contributed by atoms with Gasteiger partial charge >= 0.3 is 5.97 Å². The molecule has 4 aliphatic rings. The van der Waals surface area contributed by atoms with Crippen LogP contribution in [0.25, 0.3) is 0 Å². The molecule has 0 unspecified atom stereocenters. The van der Waals surface area contributed by atoms with E-state index in [9.17, 15) is 14.4 Å². The highest BCUT2D eigenvalue weighted by molar-refractivity contribution is 9.09. The molecular weight excluding hydrogens is 506 g/mol. The lowest BCUT2D eigenvalue weighted by atomic mass is 9.55. The van der Waals surface area contributed by atoms with Crippen molar-refractivity contribution in [3.63, 3.8) is 0 Å². The first kappa shape index (κ1) is 22.2. The number of esters is 1. The van der Waals surface area contributed by atoms with Crippen LogP contribution >= 0.6 is 15.9 Å². The number of alkyl halides is 1. The number of nitrogens with zero attached hydrogens (tertiary/aromatic N) is 1. The fraction of sp³-hybridized carbons (Fsp3) is 0.276. The number of carbonyl (C=O) groups is 3. The van der Waals surface area contributed by atoms with E-state index >= 15 is 0 Å². The van der Waals surface area contributed by atoms with E-state index in [1.165, 1.54) is 4.90 Å². The molecule has 35 heavy (non-hydrogen) atoms. The summed E-state index contributed by atoms with van der Waals surface area (Å²) in [5, 5.41) is 0. The summed E-state index contributed by atoms with van der Waals surface area (Å²) >= 11 is 4.00. The molecule has 3 aromatic rings. The van der Waals surface area contributed by atoms with E-state index in [-0.39, 0.29) is 23.7 Å². The molecule has 3 aliphatic carbocycles. The Morgan fingerprint density at radius 2 is 1.57 bits per heavy atom. The van der Waals surface area contributed by atoms with Gasteiger partial charge < -0.3 is 4.74 Å². The van der Waals surface area contributed by atoms with Crippen LogP contribution in [0.3, 0.4) is 0 Å². The second-order valence-corrected chi connectivity index (χ2v) is 11.2.